The number of rotatable bonds is 4. The fourth-order valence-electron chi connectivity index (χ4n) is 1.80. The SMILES string of the molecule is CCc1cc(NC)nc(Cc2c(F)cccc2Cl)n1. The van der Waals surface area contributed by atoms with Gasteiger partial charge in [0, 0.05) is 35.8 Å². The molecule has 0 saturated carbocycles. The van der Waals surface area contributed by atoms with E-state index in [4.69, 9.17) is 11.6 Å². The maximum absolute atomic E-state index is 13.7. The third-order valence-corrected chi connectivity index (χ3v) is 3.19. The Hall–Kier alpha value is -1.68. The van der Waals surface area contributed by atoms with Crippen molar-refractivity contribution < 1.29 is 4.39 Å². The van der Waals surface area contributed by atoms with E-state index in [2.05, 4.69) is 15.3 Å². The molecule has 0 aliphatic carbocycles. The molecule has 2 aromatic rings. The van der Waals surface area contributed by atoms with E-state index in [0.717, 1.165) is 17.9 Å². The molecule has 0 radical (unpaired) electrons. The molecule has 0 saturated heterocycles. The van der Waals surface area contributed by atoms with Crippen LogP contribution in [0.25, 0.3) is 0 Å². The van der Waals surface area contributed by atoms with Crippen molar-refractivity contribution in [1.82, 2.24) is 9.97 Å². The number of aromatic nitrogens is 2. The van der Waals surface area contributed by atoms with Gasteiger partial charge in [0.1, 0.15) is 17.5 Å². The normalized spacial score (nSPS) is 10.5. The molecule has 0 aliphatic heterocycles. The smallest absolute Gasteiger partial charge is 0.135 e. The minimum atomic E-state index is -0.330. The summed E-state index contributed by atoms with van der Waals surface area (Å²) in [6, 6.07) is 6.53. The molecule has 0 fully saturated rings. The van der Waals surface area contributed by atoms with E-state index in [9.17, 15) is 4.39 Å². The lowest BCUT2D eigenvalue weighted by Gasteiger charge is -2.08. The lowest BCUT2D eigenvalue weighted by molar-refractivity contribution is 0.612. The molecule has 100 valence electrons. The first-order valence-corrected chi connectivity index (χ1v) is 6.49. The molecule has 0 bridgehead atoms. The first-order chi connectivity index (χ1) is 9.13. The highest BCUT2D eigenvalue weighted by atomic mass is 35.5. The average molecular weight is 280 g/mol. The maximum atomic E-state index is 13.7. The van der Waals surface area contributed by atoms with E-state index >= 15 is 0 Å². The molecule has 1 N–H and O–H groups in total. The van der Waals surface area contributed by atoms with E-state index in [1.807, 2.05) is 13.0 Å². The monoisotopic (exact) mass is 279 g/mol. The third-order valence-electron chi connectivity index (χ3n) is 2.84. The number of aryl methyl sites for hydroxylation is 1. The number of anilines is 1. The summed E-state index contributed by atoms with van der Waals surface area (Å²) in [5.41, 5.74) is 1.35. The summed E-state index contributed by atoms with van der Waals surface area (Å²) < 4.78 is 13.7. The second-order valence-corrected chi connectivity index (χ2v) is 4.55. The van der Waals surface area contributed by atoms with Crippen LogP contribution in [0.15, 0.2) is 24.3 Å². The molecule has 1 aromatic carbocycles. The van der Waals surface area contributed by atoms with Gasteiger partial charge in [-0.1, -0.05) is 24.6 Å². The van der Waals surface area contributed by atoms with Crippen molar-refractivity contribution in [3.05, 3.63) is 52.2 Å². The highest BCUT2D eigenvalue weighted by molar-refractivity contribution is 6.31. The van der Waals surface area contributed by atoms with Gasteiger partial charge in [-0.15, -0.1) is 0 Å². The third kappa shape index (κ3) is 3.20. The molecule has 0 aliphatic rings. The number of benzene rings is 1. The summed E-state index contributed by atoms with van der Waals surface area (Å²) >= 11 is 6.02. The molecular formula is C14H15ClFN3. The maximum Gasteiger partial charge on any atom is 0.135 e. The Morgan fingerprint density at radius 3 is 2.74 bits per heavy atom. The van der Waals surface area contributed by atoms with Crippen molar-refractivity contribution >= 4 is 17.4 Å². The fraction of sp³-hybridized carbons (Fsp3) is 0.286. The largest absolute Gasteiger partial charge is 0.373 e. The Labute approximate surface area is 116 Å². The van der Waals surface area contributed by atoms with Crippen molar-refractivity contribution in [2.24, 2.45) is 0 Å². The van der Waals surface area contributed by atoms with Crippen LogP contribution >= 0.6 is 11.6 Å². The van der Waals surface area contributed by atoms with Crippen molar-refractivity contribution in [3.8, 4) is 0 Å². The van der Waals surface area contributed by atoms with Crippen LogP contribution in [-0.4, -0.2) is 17.0 Å². The summed E-state index contributed by atoms with van der Waals surface area (Å²) in [4.78, 5) is 8.73. The number of halogens is 2. The first kappa shape index (κ1) is 13.7. The van der Waals surface area contributed by atoms with E-state index in [1.165, 1.54) is 6.07 Å². The molecule has 3 nitrogen and oxygen atoms in total. The zero-order chi connectivity index (χ0) is 13.8. The lowest BCUT2D eigenvalue weighted by Crippen LogP contribution is -2.05. The van der Waals surface area contributed by atoms with Crippen molar-refractivity contribution in [2.45, 2.75) is 19.8 Å². The molecule has 2 rings (SSSR count). The molecule has 1 aromatic heterocycles. The molecule has 0 spiro atoms. The second-order valence-electron chi connectivity index (χ2n) is 4.14. The molecule has 0 amide bonds. The minimum Gasteiger partial charge on any atom is -0.373 e. The van der Waals surface area contributed by atoms with Gasteiger partial charge in [-0.05, 0) is 18.6 Å². The van der Waals surface area contributed by atoms with Gasteiger partial charge >= 0.3 is 0 Å². The Morgan fingerprint density at radius 2 is 2.11 bits per heavy atom. The van der Waals surface area contributed by atoms with Gasteiger partial charge in [-0.3, -0.25) is 0 Å². The predicted octanol–water partition coefficient (Wildman–Crippen LogP) is 3.46. The Kier molecular flexibility index (Phi) is 4.32. The second kappa shape index (κ2) is 5.97. The average Bonchev–Trinajstić information content (AvgIpc) is 2.42. The van der Waals surface area contributed by atoms with Gasteiger partial charge in [-0.2, -0.15) is 0 Å². The lowest BCUT2D eigenvalue weighted by atomic mass is 10.1. The van der Waals surface area contributed by atoms with Crippen LogP contribution in [0, 0.1) is 5.82 Å². The summed E-state index contributed by atoms with van der Waals surface area (Å²) in [6.45, 7) is 2.02. The highest BCUT2D eigenvalue weighted by Gasteiger charge is 2.11. The van der Waals surface area contributed by atoms with Crippen molar-refractivity contribution in [2.75, 3.05) is 12.4 Å². The summed E-state index contributed by atoms with van der Waals surface area (Å²) in [5.74, 6) is 0.967. The predicted molar refractivity (Wildman–Crippen MR) is 75.2 cm³/mol. The van der Waals surface area contributed by atoms with Gasteiger partial charge in [0.05, 0.1) is 0 Å². The molecular weight excluding hydrogens is 265 g/mol. The van der Waals surface area contributed by atoms with Crippen LogP contribution in [0.4, 0.5) is 10.2 Å². The Balaban J connectivity index is 2.37. The molecule has 1 heterocycles. The zero-order valence-electron chi connectivity index (χ0n) is 10.9. The molecule has 5 heteroatoms. The van der Waals surface area contributed by atoms with Gasteiger partial charge in [0.15, 0.2) is 0 Å². The fourth-order valence-corrected chi connectivity index (χ4v) is 2.03. The summed E-state index contributed by atoms with van der Waals surface area (Å²) in [6.07, 6.45) is 1.09. The summed E-state index contributed by atoms with van der Waals surface area (Å²) in [5, 5.41) is 3.38. The number of hydrogen-bond donors (Lipinski definition) is 1. The van der Waals surface area contributed by atoms with Crippen LogP contribution in [0.5, 0.6) is 0 Å². The van der Waals surface area contributed by atoms with Crippen LogP contribution in [0.2, 0.25) is 5.02 Å². The number of hydrogen-bond acceptors (Lipinski definition) is 3. The summed E-state index contributed by atoms with van der Waals surface area (Å²) in [7, 11) is 1.79. The van der Waals surface area contributed by atoms with E-state index in [1.54, 1.807) is 19.2 Å². The van der Waals surface area contributed by atoms with Crippen molar-refractivity contribution in [3.63, 3.8) is 0 Å². The zero-order valence-corrected chi connectivity index (χ0v) is 11.6. The number of nitrogens with zero attached hydrogens (tertiary/aromatic N) is 2. The number of nitrogens with one attached hydrogen (secondary N) is 1. The van der Waals surface area contributed by atoms with Crippen LogP contribution in [-0.2, 0) is 12.8 Å². The topological polar surface area (TPSA) is 37.8 Å². The van der Waals surface area contributed by atoms with Gasteiger partial charge in [-0.25, -0.2) is 14.4 Å². The van der Waals surface area contributed by atoms with Gasteiger partial charge in [0.25, 0.3) is 0 Å². The Morgan fingerprint density at radius 1 is 1.32 bits per heavy atom. The van der Waals surface area contributed by atoms with Gasteiger partial charge < -0.3 is 5.32 Å². The van der Waals surface area contributed by atoms with E-state index in [-0.39, 0.29) is 12.2 Å². The standard InChI is InChI=1S/C14H15ClFN3/c1-3-9-7-13(17-2)19-14(18-9)8-10-11(15)5-4-6-12(10)16/h4-7H,3,8H2,1-2H3,(H,17,18,19). The van der Waals surface area contributed by atoms with Crippen LogP contribution < -0.4 is 5.32 Å². The quantitative estimate of drug-likeness (QED) is 0.931. The van der Waals surface area contributed by atoms with Crippen LogP contribution in [0.3, 0.4) is 0 Å². The highest BCUT2D eigenvalue weighted by Crippen LogP contribution is 2.21. The molecule has 19 heavy (non-hydrogen) atoms. The van der Waals surface area contributed by atoms with Crippen LogP contribution in [0.1, 0.15) is 24.0 Å². The van der Waals surface area contributed by atoms with Gasteiger partial charge in [0.2, 0.25) is 0 Å². The molecule has 0 atom stereocenters. The van der Waals surface area contributed by atoms with Crippen molar-refractivity contribution in [1.29, 1.82) is 0 Å². The first-order valence-electron chi connectivity index (χ1n) is 6.11. The van der Waals surface area contributed by atoms with E-state index < -0.39 is 0 Å². The van der Waals surface area contributed by atoms with E-state index in [0.29, 0.717) is 16.4 Å². The molecule has 0 unspecified atom stereocenters. The Bertz CT molecular complexity index is 544. The minimum absolute atomic E-state index is 0.286.